The summed E-state index contributed by atoms with van der Waals surface area (Å²) in [5.41, 5.74) is 3.15. The van der Waals surface area contributed by atoms with E-state index >= 15 is 0 Å². The lowest BCUT2D eigenvalue weighted by atomic mass is 10.2. The number of alkyl halides is 1. The Hall–Kier alpha value is -1.35. The lowest BCUT2D eigenvalue weighted by molar-refractivity contribution is 0.771. The number of halogens is 1. The highest BCUT2D eigenvalue weighted by Crippen LogP contribution is 2.05. The predicted octanol–water partition coefficient (Wildman–Crippen LogP) is 2.37. The maximum atomic E-state index is 5.68. The van der Waals surface area contributed by atoms with Crippen molar-refractivity contribution < 1.29 is 0 Å². The molecule has 15 heavy (non-hydrogen) atoms. The zero-order valence-electron chi connectivity index (χ0n) is 8.52. The van der Waals surface area contributed by atoms with Gasteiger partial charge in [-0.3, -0.25) is 4.98 Å². The lowest BCUT2D eigenvalue weighted by Gasteiger charge is -2.01. The van der Waals surface area contributed by atoms with Crippen LogP contribution in [0.1, 0.15) is 17.0 Å². The van der Waals surface area contributed by atoms with Gasteiger partial charge in [-0.15, -0.1) is 11.6 Å². The molecule has 0 unspecified atom stereocenters. The second kappa shape index (κ2) is 4.45. The molecule has 0 aromatic carbocycles. The molecular weight excluding hydrogens is 210 g/mol. The molecule has 2 aromatic rings. The van der Waals surface area contributed by atoms with Gasteiger partial charge >= 0.3 is 0 Å². The Morgan fingerprint density at radius 1 is 1.33 bits per heavy atom. The Bertz CT molecular complexity index is 451. The molecular formula is C11H12ClN3. The molecule has 78 valence electrons. The highest BCUT2D eigenvalue weighted by atomic mass is 35.5. The molecule has 2 aromatic heterocycles. The molecule has 2 rings (SSSR count). The summed E-state index contributed by atoms with van der Waals surface area (Å²) in [4.78, 5) is 8.44. The Morgan fingerprint density at radius 2 is 2.20 bits per heavy atom. The molecule has 3 nitrogen and oxygen atoms in total. The van der Waals surface area contributed by atoms with Gasteiger partial charge in [0.05, 0.1) is 30.1 Å². The monoisotopic (exact) mass is 221 g/mol. The maximum Gasteiger partial charge on any atom is 0.0953 e. The SMILES string of the molecule is Cc1ccnc(Cn2cnc(CCl)c2)c1. The van der Waals surface area contributed by atoms with E-state index in [9.17, 15) is 0 Å². The quantitative estimate of drug-likeness (QED) is 0.746. The zero-order valence-corrected chi connectivity index (χ0v) is 9.28. The predicted molar refractivity (Wildman–Crippen MR) is 59.9 cm³/mol. The van der Waals surface area contributed by atoms with Gasteiger partial charge in [-0.05, 0) is 24.6 Å². The molecule has 0 saturated heterocycles. The van der Waals surface area contributed by atoms with E-state index in [1.807, 2.05) is 23.0 Å². The average Bonchev–Trinajstić information content (AvgIpc) is 2.65. The first-order valence-corrected chi connectivity index (χ1v) is 5.29. The summed E-state index contributed by atoms with van der Waals surface area (Å²) in [6.07, 6.45) is 5.54. The normalized spacial score (nSPS) is 10.5. The fourth-order valence-electron chi connectivity index (χ4n) is 1.43. The molecule has 0 bridgehead atoms. The summed E-state index contributed by atoms with van der Waals surface area (Å²) >= 11 is 5.68. The summed E-state index contributed by atoms with van der Waals surface area (Å²) < 4.78 is 1.99. The number of nitrogens with zero attached hydrogens (tertiary/aromatic N) is 3. The van der Waals surface area contributed by atoms with Crippen molar-refractivity contribution in [2.45, 2.75) is 19.3 Å². The Labute approximate surface area is 93.7 Å². The van der Waals surface area contributed by atoms with E-state index in [2.05, 4.69) is 23.0 Å². The second-order valence-corrected chi connectivity index (χ2v) is 3.76. The van der Waals surface area contributed by atoms with E-state index < -0.39 is 0 Å². The minimum Gasteiger partial charge on any atom is -0.331 e. The van der Waals surface area contributed by atoms with Crippen LogP contribution in [-0.2, 0) is 12.4 Å². The fraction of sp³-hybridized carbons (Fsp3) is 0.273. The van der Waals surface area contributed by atoms with E-state index in [0.717, 1.165) is 17.9 Å². The molecule has 0 fully saturated rings. The molecule has 0 saturated carbocycles. The van der Waals surface area contributed by atoms with Crippen molar-refractivity contribution >= 4 is 11.6 Å². The van der Waals surface area contributed by atoms with Crippen molar-refractivity contribution in [3.05, 3.63) is 47.8 Å². The summed E-state index contributed by atoms with van der Waals surface area (Å²) in [5, 5.41) is 0. The summed E-state index contributed by atoms with van der Waals surface area (Å²) in [6.45, 7) is 2.80. The number of aromatic nitrogens is 3. The van der Waals surface area contributed by atoms with Crippen LogP contribution < -0.4 is 0 Å². The second-order valence-electron chi connectivity index (χ2n) is 3.50. The van der Waals surface area contributed by atoms with Crippen molar-refractivity contribution in [3.63, 3.8) is 0 Å². The zero-order chi connectivity index (χ0) is 10.7. The van der Waals surface area contributed by atoms with Crippen LogP contribution in [0, 0.1) is 6.92 Å². The van der Waals surface area contributed by atoms with Crippen molar-refractivity contribution in [2.75, 3.05) is 0 Å². The topological polar surface area (TPSA) is 30.7 Å². The number of aryl methyl sites for hydroxylation is 1. The van der Waals surface area contributed by atoms with Crippen molar-refractivity contribution in [3.8, 4) is 0 Å². The van der Waals surface area contributed by atoms with E-state index in [4.69, 9.17) is 11.6 Å². The molecule has 2 heterocycles. The number of pyridine rings is 1. The van der Waals surface area contributed by atoms with Crippen molar-refractivity contribution in [1.29, 1.82) is 0 Å². The van der Waals surface area contributed by atoms with Gasteiger partial charge in [-0.1, -0.05) is 0 Å². The standard InChI is InChI=1S/C11H12ClN3/c1-9-2-3-13-10(4-9)6-15-7-11(5-12)14-8-15/h2-4,7-8H,5-6H2,1H3. The summed E-state index contributed by atoms with van der Waals surface area (Å²) in [7, 11) is 0. The molecule has 0 amide bonds. The molecule has 0 aliphatic heterocycles. The van der Waals surface area contributed by atoms with E-state index in [-0.39, 0.29) is 0 Å². The van der Waals surface area contributed by atoms with Gasteiger partial charge in [0.1, 0.15) is 0 Å². The number of hydrogen-bond donors (Lipinski definition) is 0. The molecule has 0 aliphatic carbocycles. The third-order valence-electron chi connectivity index (χ3n) is 2.14. The molecule has 0 atom stereocenters. The first-order chi connectivity index (χ1) is 7.28. The summed E-state index contributed by atoms with van der Waals surface area (Å²) in [5.74, 6) is 0.453. The largest absolute Gasteiger partial charge is 0.331 e. The van der Waals surface area contributed by atoms with Gasteiger partial charge in [0.2, 0.25) is 0 Å². The first kappa shape index (κ1) is 10.2. The minimum atomic E-state index is 0.453. The molecule has 0 radical (unpaired) electrons. The van der Waals surface area contributed by atoms with Gasteiger partial charge in [0.15, 0.2) is 0 Å². The lowest BCUT2D eigenvalue weighted by Crippen LogP contribution is -1.99. The third kappa shape index (κ3) is 2.57. The van der Waals surface area contributed by atoms with Gasteiger partial charge in [0.25, 0.3) is 0 Å². The molecule has 0 spiro atoms. The molecule has 4 heteroatoms. The van der Waals surface area contributed by atoms with Gasteiger partial charge < -0.3 is 4.57 Å². The highest BCUT2D eigenvalue weighted by molar-refractivity contribution is 6.16. The van der Waals surface area contributed by atoms with Crippen molar-refractivity contribution in [2.24, 2.45) is 0 Å². The van der Waals surface area contributed by atoms with E-state index in [1.54, 1.807) is 6.33 Å². The Balaban J connectivity index is 2.14. The Morgan fingerprint density at radius 3 is 2.87 bits per heavy atom. The minimum absolute atomic E-state index is 0.453. The number of hydrogen-bond acceptors (Lipinski definition) is 2. The highest BCUT2D eigenvalue weighted by Gasteiger charge is 1.99. The van der Waals surface area contributed by atoms with Crippen LogP contribution in [0.5, 0.6) is 0 Å². The first-order valence-electron chi connectivity index (χ1n) is 4.76. The van der Waals surface area contributed by atoms with Crippen LogP contribution >= 0.6 is 11.6 Å². The third-order valence-corrected chi connectivity index (χ3v) is 2.41. The van der Waals surface area contributed by atoms with Crippen LogP contribution in [0.4, 0.5) is 0 Å². The average molecular weight is 222 g/mol. The van der Waals surface area contributed by atoms with E-state index in [0.29, 0.717) is 5.88 Å². The van der Waals surface area contributed by atoms with Crippen LogP contribution in [0.25, 0.3) is 0 Å². The molecule has 0 aliphatic rings. The van der Waals surface area contributed by atoms with Crippen LogP contribution in [0.3, 0.4) is 0 Å². The van der Waals surface area contributed by atoms with Crippen LogP contribution in [-0.4, -0.2) is 14.5 Å². The van der Waals surface area contributed by atoms with Gasteiger partial charge in [0, 0.05) is 12.4 Å². The number of rotatable bonds is 3. The van der Waals surface area contributed by atoms with Crippen LogP contribution in [0.15, 0.2) is 30.9 Å². The van der Waals surface area contributed by atoms with Gasteiger partial charge in [-0.25, -0.2) is 4.98 Å². The van der Waals surface area contributed by atoms with Gasteiger partial charge in [-0.2, -0.15) is 0 Å². The molecule has 0 N–H and O–H groups in total. The summed E-state index contributed by atoms with van der Waals surface area (Å²) in [6, 6.07) is 4.06. The van der Waals surface area contributed by atoms with Crippen molar-refractivity contribution in [1.82, 2.24) is 14.5 Å². The smallest absolute Gasteiger partial charge is 0.0953 e. The Kier molecular flexibility index (Phi) is 3.02. The fourth-order valence-corrected chi connectivity index (χ4v) is 1.57. The van der Waals surface area contributed by atoms with E-state index in [1.165, 1.54) is 5.56 Å². The van der Waals surface area contributed by atoms with Crippen LogP contribution in [0.2, 0.25) is 0 Å². The maximum absolute atomic E-state index is 5.68. The number of imidazole rings is 1.